The van der Waals surface area contributed by atoms with E-state index >= 15 is 0 Å². The summed E-state index contributed by atoms with van der Waals surface area (Å²) in [5.74, 6) is 2.37. The smallest absolute Gasteiger partial charge is 0.374 e. The molecule has 0 aromatic heterocycles. The van der Waals surface area contributed by atoms with E-state index in [9.17, 15) is 0 Å². The zero-order chi connectivity index (χ0) is 21.6. The van der Waals surface area contributed by atoms with Gasteiger partial charge in [-0.25, -0.2) is 0 Å². The van der Waals surface area contributed by atoms with Crippen molar-refractivity contribution in [3.05, 3.63) is 0 Å². The lowest BCUT2D eigenvalue weighted by atomic mass is 10.2. The Hall–Kier alpha value is 0.314. The molecule has 0 fully saturated rings. The average molecular weight is 433 g/mol. The highest BCUT2D eigenvalue weighted by atomic mass is 28.4. The molecule has 0 amide bonds. The minimum Gasteiger partial charge on any atom is -0.374 e. The molecule has 5 heteroatoms. The second kappa shape index (κ2) is 15.2. The van der Waals surface area contributed by atoms with Gasteiger partial charge in [-0.05, 0) is 38.5 Å². The van der Waals surface area contributed by atoms with Crippen LogP contribution in [0.5, 0.6) is 0 Å². The van der Waals surface area contributed by atoms with Crippen molar-refractivity contribution in [2.45, 2.75) is 112 Å². The van der Waals surface area contributed by atoms with E-state index in [4.69, 9.17) is 13.3 Å². The third-order valence-corrected chi connectivity index (χ3v) is 14.7. The van der Waals surface area contributed by atoms with Gasteiger partial charge in [-0.2, -0.15) is 0 Å². The molecular formula is C23H52O3Si2. The van der Waals surface area contributed by atoms with Gasteiger partial charge < -0.3 is 13.3 Å². The van der Waals surface area contributed by atoms with Crippen molar-refractivity contribution in [1.29, 1.82) is 0 Å². The van der Waals surface area contributed by atoms with Crippen molar-refractivity contribution < 1.29 is 13.3 Å². The van der Waals surface area contributed by atoms with Gasteiger partial charge in [-0.15, -0.1) is 0 Å². The van der Waals surface area contributed by atoms with Crippen LogP contribution >= 0.6 is 0 Å². The minimum absolute atomic E-state index is 0.685. The highest BCUT2D eigenvalue weighted by Crippen LogP contribution is 2.37. The van der Waals surface area contributed by atoms with Gasteiger partial charge in [-0.3, -0.25) is 0 Å². The van der Waals surface area contributed by atoms with Gasteiger partial charge in [0, 0.05) is 25.9 Å². The Balaban J connectivity index is 5.53. The second-order valence-corrected chi connectivity index (χ2v) is 17.5. The molecule has 0 atom stereocenters. The fourth-order valence-electron chi connectivity index (χ4n) is 3.95. The molecule has 0 N–H and O–H groups in total. The predicted molar refractivity (Wildman–Crippen MR) is 129 cm³/mol. The van der Waals surface area contributed by atoms with Crippen molar-refractivity contribution in [2.24, 2.45) is 17.8 Å². The highest BCUT2D eigenvalue weighted by Gasteiger charge is 2.44. The van der Waals surface area contributed by atoms with E-state index in [0.29, 0.717) is 19.8 Å². The summed E-state index contributed by atoms with van der Waals surface area (Å²) in [5, 5.41) is 0. The van der Waals surface area contributed by atoms with Crippen molar-refractivity contribution >= 4 is 16.9 Å². The molecule has 0 aliphatic carbocycles. The van der Waals surface area contributed by atoms with Gasteiger partial charge in [0.2, 0.25) is 0 Å². The van der Waals surface area contributed by atoms with Gasteiger partial charge >= 0.3 is 8.80 Å². The topological polar surface area (TPSA) is 27.7 Å². The van der Waals surface area contributed by atoms with Gasteiger partial charge in [0.25, 0.3) is 0 Å². The van der Waals surface area contributed by atoms with Crippen LogP contribution in [0.2, 0.25) is 30.2 Å². The van der Waals surface area contributed by atoms with Gasteiger partial charge in [0.05, 0.1) is 8.07 Å². The molecule has 0 aromatic rings. The normalized spacial score (nSPS) is 13.3. The molecule has 0 saturated heterocycles. The Morgan fingerprint density at radius 1 is 0.500 bits per heavy atom. The van der Waals surface area contributed by atoms with Crippen LogP contribution in [-0.4, -0.2) is 36.7 Å². The standard InChI is InChI=1S/C23H52O3Si2/c1-10-24-28(25-11-2,26-12-3)20-19-27(16-13-21(4)5,17-14-22(6)7)18-15-23(8)9/h21-23H,10-20H2,1-9H3. The molecule has 0 aliphatic heterocycles. The third-order valence-electron chi connectivity index (χ3n) is 5.81. The van der Waals surface area contributed by atoms with Gasteiger partial charge in [0.15, 0.2) is 0 Å². The maximum Gasteiger partial charge on any atom is 0.500 e. The average Bonchev–Trinajstić information content (AvgIpc) is 2.61. The maximum atomic E-state index is 6.20. The molecule has 0 radical (unpaired) electrons. The first-order chi connectivity index (χ1) is 13.1. The molecule has 0 rings (SSSR count). The lowest BCUT2D eigenvalue weighted by Crippen LogP contribution is -2.48. The van der Waals surface area contributed by atoms with E-state index in [1.807, 2.05) is 0 Å². The summed E-state index contributed by atoms with van der Waals surface area (Å²) in [6.07, 6.45) is 4.11. The van der Waals surface area contributed by atoms with Crippen LogP contribution in [0.4, 0.5) is 0 Å². The number of hydrogen-bond donors (Lipinski definition) is 0. The Morgan fingerprint density at radius 3 is 1.07 bits per heavy atom. The van der Waals surface area contributed by atoms with Gasteiger partial charge in [0.1, 0.15) is 0 Å². The van der Waals surface area contributed by atoms with Crippen molar-refractivity contribution in [3.8, 4) is 0 Å². The Bertz CT molecular complexity index is 325. The van der Waals surface area contributed by atoms with Crippen LogP contribution in [0.25, 0.3) is 0 Å². The highest BCUT2D eigenvalue weighted by molar-refractivity contribution is 6.81. The fourth-order valence-corrected chi connectivity index (χ4v) is 14.4. The molecule has 0 unspecified atom stereocenters. The first-order valence-electron chi connectivity index (χ1n) is 12.1. The summed E-state index contributed by atoms with van der Waals surface area (Å²) in [6, 6.07) is 6.70. The van der Waals surface area contributed by atoms with Gasteiger partial charge in [-0.1, -0.05) is 85.0 Å². The SMILES string of the molecule is CCO[Si](CC[Si](CCC(C)C)(CCC(C)C)CCC(C)C)(OCC)OCC. The Labute approximate surface area is 179 Å². The van der Waals surface area contributed by atoms with Crippen LogP contribution < -0.4 is 0 Å². The first kappa shape index (κ1) is 28.3. The van der Waals surface area contributed by atoms with Crippen molar-refractivity contribution in [3.63, 3.8) is 0 Å². The third kappa shape index (κ3) is 12.1. The maximum absolute atomic E-state index is 6.20. The lowest BCUT2D eigenvalue weighted by Gasteiger charge is -2.37. The van der Waals surface area contributed by atoms with Crippen LogP contribution in [0.15, 0.2) is 0 Å². The van der Waals surface area contributed by atoms with E-state index in [1.54, 1.807) is 0 Å². The first-order valence-corrected chi connectivity index (χ1v) is 16.8. The number of hydrogen-bond acceptors (Lipinski definition) is 3. The second-order valence-electron chi connectivity index (χ2n) is 9.78. The molecular weight excluding hydrogens is 380 g/mol. The molecule has 0 aliphatic rings. The predicted octanol–water partition coefficient (Wildman–Crippen LogP) is 7.62. The van der Waals surface area contributed by atoms with Crippen molar-refractivity contribution in [2.75, 3.05) is 19.8 Å². The van der Waals surface area contributed by atoms with E-state index < -0.39 is 16.9 Å². The van der Waals surface area contributed by atoms with Crippen LogP contribution in [0, 0.1) is 17.8 Å². The largest absolute Gasteiger partial charge is 0.500 e. The minimum atomic E-state index is -2.54. The Kier molecular flexibility index (Phi) is 15.3. The molecule has 0 saturated carbocycles. The molecule has 3 nitrogen and oxygen atoms in total. The molecule has 0 bridgehead atoms. The van der Waals surface area contributed by atoms with E-state index in [2.05, 4.69) is 62.3 Å². The summed E-state index contributed by atoms with van der Waals surface area (Å²) >= 11 is 0. The summed E-state index contributed by atoms with van der Waals surface area (Å²) in [4.78, 5) is 0. The summed E-state index contributed by atoms with van der Waals surface area (Å²) in [7, 11) is -3.93. The van der Waals surface area contributed by atoms with Crippen molar-refractivity contribution in [1.82, 2.24) is 0 Å². The monoisotopic (exact) mass is 432 g/mol. The van der Waals surface area contributed by atoms with E-state index in [-0.39, 0.29) is 0 Å². The zero-order valence-corrected chi connectivity index (χ0v) is 22.7. The zero-order valence-electron chi connectivity index (χ0n) is 20.7. The summed E-state index contributed by atoms with van der Waals surface area (Å²) in [6.45, 7) is 22.5. The van der Waals surface area contributed by atoms with Crippen LogP contribution in [0.1, 0.15) is 81.6 Å². The molecule has 170 valence electrons. The molecule has 0 spiro atoms. The van der Waals surface area contributed by atoms with E-state index in [0.717, 1.165) is 23.8 Å². The Morgan fingerprint density at radius 2 is 0.821 bits per heavy atom. The van der Waals surface area contributed by atoms with E-state index in [1.165, 1.54) is 43.4 Å². The molecule has 28 heavy (non-hydrogen) atoms. The fraction of sp³-hybridized carbons (Fsp3) is 1.00. The number of rotatable bonds is 18. The van der Waals surface area contributed by atoms with Crippen LogP contribution in [-0.2, 0) is 13.3 Å². The van der Waals surface area contributed by atoms with Crippen LogP contribution in [0.3, 0.4) is 0 Å². The summed E-state index contributed by atoms with van der Waals surface area (Å²) < 4.78 is 18.6. The molecule has 0 aromatic carbocycles. The lowest BCUT2D eigenvalue weighted by molar-refractivity contribution is 0.0724. The quantitative estimate of drug-likeness (QED) is 0.208. The molecule has 0 heterocycles. The summed E-state index contributed by atoms with van der Waals surface area (Å²) in [5.41, 5.74) is 0.